The molecule has 0 aromatic carbocycles. The van der Waals surface area contributed by atoms with E-state index in [2.05, 4.69) is 14.9 Å². The maximum absolute atomic E-state index is 12.1. The van der Waals surface area contributed by atoms with Gasteiger partial charge in [0.1, 0.15) is 0 Å². The summed E-state index contributed by atoms with van der Waals surface area (Å²) >= 11 is 0. The van der Waals surface area contributed by atoms with Gasteiger partial charge in [-0.3, -0.25) is 24.5 Å². The van der Waals surface area contributed by atoms with Crippen LogP contribution in [0.1, 0.15) is 30.7 Å². The van der Waals surface area contributed by atoms with E-state index in [0.29, 0.717) is 6.54 Å². The number of piperidine rings is 1. The molecule has 2 aliphatic rings. The summed E-state index contributed by atoms with van der Waals surface area (Å²) in [5, 5.41) is 0. The molecule has 0 radical (unpaired) electrons. The minimum Gasteiger partial charge on any atom is -0.369 e. The van der Waals surface area contributed by atoms with Gasteiger partial charge in [0, 0.05) is 51.0 Å². The molecule has 1 aromatic rings. The van der Waals surface area contributed by atoms with E-state index in [1.165, 1.54) is 0 Å². The number of aryl methyl sites for hydroxylation is 1. The molecule has 0 spiro atoms. The number of amides is 2. The minimum atomic E-state index is -0.365. The third-order valence-electron chi connectivity index (χ3n) is 4.78. The van der Waals surface area contributed by atoms with E-state index in [9.17, 15) is 9.59 Å². The van der Waals surface area contributed by atoms with Gasteiger partial charge in [-0.1, -0.05) is 0 Å². The Labute approximate surface area is 135 Å². The first-order chi connectivity index (χ1) is 11.0. The van der Waals surface area contributed by atoms with E-state index in [4.69, 9.17) is 5.73 Å². The molecular weight excluding hydrogens is 294 g/mol. The van der Waals surface area contributed by atoms with Gasteiger partial charge in [-0.25, -0.2) is 0 Å². The molecule has 23 heavy (non-hydrogen) atoms. The van der Waals surface area contributed by atoms with Crippen molar-refractivity contribution in [2.75, 3.05) is 19.6 Å². The van der Waals surface area contributed by atoms with Crippen LogP contribution in [0, 0.1) is 12.8 Å². The highest BCUT2D eigenvalue weighted by Crippen LogP contribution is 2.25. The van der Waals surface area contributed by atoms with E-state index in [0.717, 1.165) is 43.9 Å². The lowest BCUT2D eigenvalue weighted by Crippen LogP contribution is -2.45. The van der Waals surface area contributed by atoms with Gasteiger partial charge in [0.15, 0.2) is 0 Å². The molecule has 124 valence electrons. The number of likely N-dealkylation sites (tertiary alicyclic amines) is 2. The first-order valence-corrected chi connectivity index (χ1v) is 8.11. The normalized spacial score (nSPS) is 23.4. The Morgan fingerprint density at radius 1 is 1.30 bits per heavy atom. The third-order valence-corrected chi connectivity index (χ3v) is 4.78. The summed E-state index contributed by atoms with van der Waals surface area (Å²) in [6.45, 7) is 5.05. The van der Waals surface area contributed by atoms with Crippen LogP contribution in [0.2, 0.25) is 0 Å². The fraction of sp³-hybridized carbons (Fsp3) is 0.625. The maximum atomic E-state index is 12.1. The Hall–Kier alpha value is -2.02. The smallest absolute Gasteiger partial charge is 0.223 e. The predicted octanol–water partition coefficient (Wildman–Crippen LogP) is 0.0832. The number of nitrogens with zero attached hydrogens (tertiary/aromatic N) is 4. The molecule has 2 N–H and O–H groups in total. The second-order valence-electron chi connectivity index (χ2n) is 6.51. The van der Waals surface area contributed by atoms with Crippen LogP contribution in [0.15, 0.2) is 12.4 Å². The molecule has 0 saturated carbocycles. The molecule has 2 aliphatic heterocycles. The van der Waals surface area contributed by atoms with Crippen molar-refractivity contribution in [2.45, 2.75) is 38.8 Å². The summed E-state index contributed by atoms with van der Waals surface area (Å²) in [7, 11) is 0. The monoisotopic (exact) mass is 317 g/mol. The van der Waals surface area contributed by atoms with Gasteiger partial charge in [-0.05, 0) is 19.8 Å². The Kier molecular flexibility index (Phi) is 4.56. The van der Waals surface area contributed by atoms with Gasteiger partial charge in [0.2, 0.25) is 11.8 Å². The highest BCUT2D eigenvalue weighted by molar-refractivity contribution is 5.88. The summed E-state index contributed by atoms with van der Waals surface area (Å²) in [4.78, 5) is 36.2. The molecule has 1 atom stereocenters. The molecule has 3 heterocycles. The molecule has 7 heteroatoms. The molecule has 2 fully saturated rings. The van der Waals surface area contributed by atoms with E-state index in [1.807, 2.05) is 18.0 Å². The summed E-state index contributed by atoms with van der Waals surface area (Å²) in [6.07, 6.45) is 5.74. The van der Waals surface area contributed by atoms with Crippen molar-refractivity contribution in [3.05, 3.63) is 23.8 Å². The molecule has 2 saturated heterocycles. The molecule has 1 aromatic heterocycles. The van der Waals surface area contributed by atoms with E-state index < -0.39 is 0 Å². The number of aromatic nitrogens is 2. The zero-order valence-corrected chi connectivity index (χ0v) is 13.4. The number of hydrogen-bond donors (Lipinski definition) is 1. The fourth-order valence-electron chi connectivity index (χ4n) is 3.39. The molecular formula is C16H23N5O2. The lowest BCUT2D eigenvalue weighted by molar-refractivity contribution is -0.130. The van der Waals surface area contributed by atoms with Gasteiger partial charge in [0.25, 0.3) is 0 Å². The van der Waals surface area contributed by atoms with Crippen LogP contribution in [-0.2, 0) is 16.1 Å². The Balaban J connectivity index is 1.51. The van der Waals surface area contributed by atoms with E-state index >= 15 is 0 Å². The maximum Gasteiger partial charge on any atom is 0.223 e. The van der Waals surface area contributed by atoms with Crippen molar-refractivity contribution < 1.29 is 9.59 Å². The minimum absolute atomic E-state index is 0.0663. The number of carbonyl (C=O) groups is 2. The zero-order valence-electron chi connectivity index (χ0n) is 13.4. The van der Waals surface area contributed by atoms with Crippen molar-refractivity contribution in [1.29, 1.82) is 0 Å². The van der Waals surface area contributed by atoms with Gasteiger partial charge < -0.3 is 10.6 Å². The van der Waals surface area contributed by atoms with Crippen molar-refractivity contribution in [1.82, 2.24) is 19.8 Å². The Morgan fingerprint density at radius 3 is 2.61 bits per heavy atom. The van der Waals surface area contributed by atoms with Crippen LogP contribution >= 0.6 is 0 Å². The summed E-state index contributed by atoms with van der Waals surface area (Å²) < 4.78 is 0. The molecule has 0 aliphatic carbocycles. The summed E-state index contributed by atoms with van der Waals surface area (Å²) in [5.74, 6) is -0.615. The SMILES string of the molecule is Cc1cnc(CN2CCC(N3CC(C(N)=O)CC3=O)CC2)cn1. The van der Waals surface area contributed by atoms with Crippen LogP contribution in [0.5, 0.6) is 0 Å². The van der Waals surface area contributed by atoms with Crippen molar-refractivity contribution in [2.24, 2.45) is 11.7 Å². The fourth-order valence-corrected chi connectivity index (χ4v) is 3.39. The predicted molar refractivity (Wildman–Crippen MR) is 84.1 cm³/mol. The van der Waals surface area contributed by atoms with Gasteiger partial charge in [0.05, 0.1) is 17.3 Å². The number of rotatable bonds is 4. The lowest BCUT2D eigenvalue weighted by atomic mass is 10.0. The van der Waals surface area contributed by atoms with Gasteiger partial charge in [-0.2, -0.15) is 0 Å². The second kappa shape index (κ2) is 6.62. The molecule has 1 unspecified atom stereocenters. The van der Waals surface area contributed by atoms with Gasteiger partial charge in [-0.15, -0.1) is 0 Å². The standard InChI is InChI=1S/C16H23N5O2/c1-11-7-19-13(8-18-11)10-20-4-2-14(3-5-20)21-9-12(16(17)23)6-15(21)22/h7-8,12,14H,2-6,9-10H2,1H3,(H2,17,23). The lowest BCUT2D eigenvalue weighted by Gasteiger charge is -2.36. The topological polar surface area (TPSA) is 92.4 Å². The van der Waals surface area contributed by atoms with Crippen LogP contribution in [-0.4, -0.2) is 57.3 Å². The molecule has 2 amide bonds. The second-order valence-corrected chi connectivity index (χ2v) is 6.51. The summed E-state index contributed by atoms with van der Waals surface area (Å²) in [6, 6.07) is 0.229. The summed E-state index contributed by atoms with van der Waals surface area (Å²) in [5.41, 5.74) is 7.22. The van der Waals surface area contributed by atoms with Gasteiger partial charge >= 0.3 is 0 Å². The number of hydrogen-bond acceptors (Lipinski definition) is 5. The van der Waals surface area contributed by atoms with Crippen molar-refractivity contribution in [3.63, 3.8) is 0 Å². The molecule has 3 rings (SSSR count). The Morgan fingerprint density at radius 2 is 2.04 bits per heavy atom. The first kappa shape index (κ1) is 15.9. The van der Waals surface area contributed by atoms with Crippen molar-refractivity contribution in [3.8, 4) is 0 Å². The van der Waals surface area contributed by atoms with Crippen LogP contribution < -0.4 is 5.73 Å². The number of primary amides is 1. The number of carbonyl (C=O) groups excluding carboxylic acids is 2. The zero-order chi connectivity index (χ0) is 16.4. The quantitative estimate of drug-likeness (QED) is 0.849. The van der Waals surface area contributed by atoms with Crippen molar-refractivity contribution >= 4 is 11.8 Å². The third kappa shape index (κ3) is 3.67. The first-order valence-electron chi connectivity index (χ1n) is 8.11. The highest BCUT2D eigenvalue weighted by atomic mass is 16.2. The largest absolute Gasteiger partial charge is 0.369 e. The van der Waals surface area contributed by atoms with Crippen LogP contribution in [0.4, 0.5) is 0 Å². The van der Waals surface area contributed by atoms with Crippen LogP contribution in [0.25, 0.3) is 0 Å². The number of nitrogens with two attached hydrogens (primary N) is 1. The average Bonchev–Trinajstić information content (AvgIpc) is 2.93. The van der Waals surface area contributed by atoms with E-state index in [1.54, 1.807) is 6.20 Å². The average molecular weight is 317 g/mol. The van der Waals surface area contributed by atoms with Crippen LogP contribution in [0.3, 0.4) is 0 Å². The molecule has 7 nitrogen and oxygen atoms in total. The Bertz CT molecular complexity index is 581. The highest BCUT2D eigenvalue weighted by Gasteiger charge is 2.37. The van der Waals surface area contributed by atoms with E-state index in [-0.39, 0.29) is 30.2 Å². The molecule has 0 bridgehead atoms.